The van der Waals surface area contributed by atoms with Crippen molar-refractivity contribution in [1.29, 1.82) is 0 Å². The first-order valence-electron chi connectivity index (χ1n) is 9.77. The van der Waals surface area contributed by atoms with Crippen LogP contribution in [0, 0.1) is 0 Å². The molecule has 0 unspecified atom stereocenters. The summed E-state index contributed by atoms with van der Waals surface area (Å²) in [5.41, 5.74) is 2.46. The molecule has 0 radical (unpaired) electrons. The van der Waals surface area contributed by atoms with Gasteiger partial charge in [0.25, 0.3) is 0 Å². The topological polar surface area (TPSA) is 84.2 Å². The molecule has 32 heavy (non-hydrogen) atoms. The molecule has 0 spiro atoms. The molecule has 2 aromatic carbocycles. The van der Waals surface area contributed by atoms with Crippen molar-refractivity contribution >= 4 is 38.6 Å². The van der Waals surface area contributed by atoms with E-state index in [1.54, 1.807) is 48.1 Å². The number of benzene rings is 2. The Bertz CT molecular complexity index is 1370. The second kappa shape index (κ2) is 8.37. The largest absolute Gasteiger partial charge is 0.384 e. The minimum atomic E-state index is -3.32. The molecule has 0 atom stereocenters. The SMILES string of the molecule is CC(C)(O)c1cc(-c2ccc(-c3ccc(NS(C)(=O)=O)cc3)s2)n(-c2ccccc2Cl)n1. The Kier molecular flexibility index (Phi) is 5.89. The highest BCUT2D eigenvalue weighted by Crippen LogP contribution is 2.38. The van der Waals surface area contributed by atoms with Gasteiger partial charge in [-0.1, -0.05) is 35.9 Å². The Balaban J connectivity index is 1.74. The summed E-state index contributed by atoms with van der Waals surface area (Å²) in [5, 5.41) is 15.7. The average Bonchev–Trinajstić information content (AvgIpc) is 3.35. The van der Waals surface area contributed by atoms with Gasteiger partial charge in [-0.2, -0.15) is 5.10 Å². The van der Waals surface area contributed by atoms with Crippen LogP contribution in [-0.4, -0.2) is 29.6 Å². The lowest BCUT2D eigenvalue weighted by molar-refractivity contribution is 0.0734. The lowest BCUT2D eigenvalue weighted by Crippen LogP contribution is -2.16. The van der Waals surface area contributed by atoms with Gasteiger partial charge in [-0.25, -0.2) is 13.1 Å². The highest BCUT2D eigenvalue weighted by atomic mass is 35.5. The van der Waals surface area contributed by atoms with Crippen molar-refractivity contribution in [2.45, 2.75) is 19.4 Å². The van der Waals surface area contributed by atoms with Crippen molar-refractivity contribution in [2.75, 3.05) is 11.0 Å². The number of nitrogens with zero attached hydrogens (tertiary/aromatic N) is 2. The zero-order valence-electron chi connectivity index (χ0n) is 17.7. The molecular formula is C23H22ClN3O3S2. The third-order valence-electron chi connectivity index (χ3n) is 4.75. The van der Waals surface area contributed by atoms with E-state index in [1.165, 1.54) is 0 Å². The number of thiophene rings is 1. The smallest absolute Gasteiger partial charge is 0.229 e. The molecule has 166 valence electrons. The van der Waals surface area contributed by atoms with E-state index in [9.17, 15) is 13.5 Å². The molecule has 6 nitrogen and oxygen atoms in total. The number of para-hydroxylation sites is 1. The molecule has 2 heterocycles. The average molecular weight is 488 g/mol. The van der Waals surface area contributed by atoms with Crippen LogP contribution in [0.3, 0.4) is 0 Å². The zero-order valence-corrected chi connectivity index (χ0v) is 20.1. The highest BCUT2D eigenvalue weighted by molar-refractivity contribution is 7.92. The van der Waals surface area contributed by atoms with Gasteiger partial charge in [0.05, 0.1) is 33.2 Å². The van der Waals surface area contributed by atoms with Crippen LogP contribution in [0.5, 0.6) is 0 Å². The van der Waals surface area contributed by atoms with E-state index >= 15 is 0 Å². The fourth-order valence-corrected chi connectivity index (χ4v) is 5.00. The first-order valence-corrected chi connectivity index (χ1v) is 12.9. The van der Waals surface area contributed by atoms with E-state index in [2.05, 4.69) is 9.82 Å². The van der Waals surface area contributed by atoms with Gasteiger partial charge in [-0.3, -0.25) is 4.72 Å². The second-order valence-electron chi connectivity index (χ2n) is 7.95. The number of rotatable bonds is 6. The molecule has 2 N–H and O–H groups in total. The fourth-order valence-electron chi connectivity index (χ4n) is 3.21. The molecule has 0 saturated heterocycles. The van der Waals surface area contributed by atoms with Gasteiger partial charge < -0.3 is 5.11 Å². The van der Waals surface area contributed by atoms with Crippen molar-refractivity contribution in [1.82, 2.24) is 9.78 Å². The molecule has 4 aromatic rings. The van der Waals surface area contributed by atoms with Crippen molar-refractivity contribution in [3.8, 4) is 26.7 Å². The maximum Gasteiger partial charge on any atom is 0.229 e. The molecule has 4 rings (SSSR count). The molecular weight excluding hydrogens is 466 g/mol. The van der Waals surface area contributed by atoms with E-state index in [-0.39, 0.29) is 0 Å². The lowest BCUT2D eigenvalue weighted by atomic mass is 10.1. The van der Waals surface area contributed by atoms with Crippen LogP contribution in [0.25, 0.3) is 26.7 Å². The van der Waals surface area contributed by atoms with E-state index in [1.807, 2.05) is 48.5 Å². The van der Waals surface area contributed by atoms with Gasteiger partial charge in [0.1, 0.15) is 5.60 Å². The van der Waals surface area contributed by atoms with E-state index in [0.29, 0.717) is 16.4 Å². The predicted molar refractivity (Wildman–Crippen MR) is 131 cm³/mol. The number of nitrogens with one attached hydrogen (secondary N) is 1. The predicted octanol–water partition coefficient (Wildman–Crippen LogP) is 5.52. The fraction of sp³-hybridized carbons (Fsp3) is 0.174. The maximum absolute atomic E-state index is 11.4. The van der Waals surface area contributed by atoms with Crippen LogP contribution in [0.1, 0.15) is 19.5 Å². The minimum absolute atomic E-state index is 0.514. The van der Waals surface area contributed by atoms with Crippen LogP contribution in [0.4, 0.5) is 5.69 Å². The van der Waals surface area contributed by atoms with E-state index in [4.69, 9.17) is 11.6 Å². The highest BCUT2D eigenvalue weighted by Gasteiger charge is 2.24. The van der Waals surface area contributed by atoms with Crippen molar-refractivity contribution in [2.24, 2.45) is 0 Å². The molecule has 9 heteroatoms. The van der Waals surface area contributed by atoms with Crippen LogP contribution in [-0.2, 0) is 15.6 Å². The zero-order chi connectivity index (χ0) is 23.1. The quantitative estimate of drug-likeness (QED) is 0.375. The minimum Gasteiger partial charge on any atom is -0.384 e. The number of aliphatic hydroxyl groups is 1. The molecule has 0 aliphatic carbocycles. The third kappa shape index (κ3) is 4.88. The normalized spacial score (nSPS) is 12.2. The number of halogens is 1. The second-order valence-corrected chi connectivity index (χ2v) is 11.2. The van der Waals surface area contributed by atoms with Crippen molar-refractivity contribution in [3.05, 3.63) is 77.4 Å². The number of anilines is 1. The van der Waals surface area contributed by atoms with Crippen LogP contribution < -0.4 is 4.72 Å². The van der Waals surface area contributed by atoms with E-state index in [0.717, 1.165) is 33.0 Å². The molecule has 0 saturated carbocycles. The summed E-state index contributed by atoms with van der Waals surface area (Å²) in [7, 11) is -3.32. The van der Waals surface area contributed by atoms with Gasteiger partial charge >= 0.3 is 0 Å². The van der Waals surface area contributed by atoms with Crippen LogP contribution in [0.2, 0.25) is 5.02 Å². The summed E-state index contributed by atoms with van der Waals surface area (Å²) in [4.78, 5) is 1.98. The monoisotopic (exact) mass is 487 g/mol. The number of hydrogen-bond acceptors (Lipinski definition) is 5. The molecule has 0 amide bonds. The van der Waals surface area contributed by atoms with Gasteiger partial charge in [0.2, 0.25) is 10.0 Å². The van der Waals surface area contributed by atoms with Crippen LogP contribution >= 0.6 is 22.9 Å². The molecule has 2 aromatic heterocycles. The summed E-state index contributed by atoms with van der Waals surface area (Å²) in [6.07, 6.45) is 1.12. The number of sulfonamides is 1. The molecule has 0 fully saturated rings. The first kappa shape index (κ1) is 22.5. The number of aromatic nitrogens is 2. The third-order valence-corrected chi connectivity index (χ3v) is 6.83. The summed E-state index contributed by atoms with van der Waals surface area (Å²) >= 11 is 8.01. The standard InChI is InChI=1S/C23H22ClN3O3S2/c1-23(2,28)22-14-19(27(25-22)18-7-5-4-6-17(18)24)21-13-12-20(31-21)15-8-10-16(11-9-15)26-32(3,29)30/h4-14,26,28H,1-3H3. The molecule has 0 aliphatic rings. The van der Waals surface area contributed by atoms with Crippen molar-refractivity contribution in [3.63, 3.8) is 0 Å². The van der Waals surface area contributed by atoms with E-state index < -0.39 is 15.6 Å². The van der Waals surface area contributed by atoms with Gasteiger partial charge in [0.15, 0.2) is 0 Å². The Morgan fingerprint density at radius 2 is 1.69 bits per heavy atom. The summed E-state index contributed by atoms with van der Waals surface area (Å²) in [6, 6.07) is 20.5. The lowest BCUT2D eigenvalue weighted by Gasteiger charge is -2.13. The summed E-state index contributed by atoms with van der Waals surface area (Å²) in [6.45, 7) is 3.39. The Labute approximate surface area is 196 Å². The van der Waals surface area contributed by atoms with Crippen molar-refractivity contribution < 1.29 is 13.5 Å². The molecule has 0 bridgehead atoms. The number of hydrogen-bond donors (Lipinski definition) is 2. The van der Waals surface area contributed by atoms with Gasteiger partial charge in [0, 0.05) is 10.6 Å². The molecule has 0 aliphatic heterocycles. The maximum atomic E-state index is 11.4. The van der Waals surface area contributed by atoms with Crippen LogP contribution in [0.15, 0.2) is 66.7 Å². The Morgan fingerprint density at radius 3 is 2.31 bits per heavy atom. The van der Waals surface area contributed by atoms with Gasteiger partial charge in [-0.05, 0) is 61.9 Å². The first-order chi connectivity index (χ1) is 15.0. The van der Waals surface area contributed by atoms with Gasteiger partial charge in [-0.15, -0.1) is 11.3 Å². The summed E-state index contributed by atoms with van der Waals surface area (Å²) in [5.74, 6) is 0. The Morgan fingerprint density at radius 1 is 1.03 bits per heavy atom. The Hall–Kier alpha value is -2.65. The summed E-state index contributed by atoms with van der Waals surface area (Å²) < 4.78 is 27.1.